The summed E-state index contributed by atoms with van der Waals surface area (Å²) in [5, 5.41) is 1.01. The molecule has 0 unspecified atom stereocenters. The van der Waals surface area contributed by atoms with Crippen molar-refractivity contribution in [3.05, 3.63) is 39.6 Å². The third-order valence-corrected chi connectivity index (χ3v) is 3.09. The number of hydrogen-bond acceptors (Lipinski definition) is 3. The van der Waals surface area contributed by atoms with Crippen LogP contribution in [0.3, 0.4) is 0 Å². The first-order chi connectivity index (χ1) is 9.02. The SMILES string of the molecule is CCOC(=O)c1nc(-c2ccc(Cl)cc2Cl)[nH]c1C. The molecule has 0 fully saturated rings. The van der Waals surface area contributed by atoms with Gasteiger partial charge in [0, 0.05) is 16.3 Å². The second-order valence-corrected chi connectivity index (χ2v) is 4.75. The third-order valence-electron chi connectivity index (χ3n) is 2.54. The van der Waals surface area contributed by atoms with Crippen molar-refractivity contribution < 1.29 is 9.53 Å². The number of nitrogens with zero attached hydrogens (tertiary/aromatic N) is 1. The van der Waals surface area contributed by atoms with Gasteiger partial charge in [-0.05, 0) is 32.0 Å². The summed E-state index contributed by atoms with van der Waals surface area (Å²) >= 11 is 11.9. The molecular formula is C13H12Cl2N2O2. The number of aromatic nitrogens is 2. The Bertz CT molecular complexity index is 623. The Morgan fingerprint density at radius 1 is 1.42 bits per heavy atom. The molecule has 0 saturated heterocycles. The van der Waals surface area contributed by atoms with Gasteiger partial charge in [0.1, 0.15) is 5.82 Å². The van der Waals surface area contributed by atoms with Gasteiger partial charge in [-0.25, -0.2) is 9.78 Å². The quantitative estimate of drug-likeness (QED) is 0.875. The molecule has 0 aliphatic rings. The van der Waals surface area contributed by atoms with E-state index in [-0.39, 0.29) is 5.69 Å². The van der Waals surface area contributed by atoms with Crippen LogP contribution in [-0.4, -0.2) is 22.5 Å². The highest BCUT2D eigenvalue weighted by atomic mass is 35.5. The van der Waals surface area contributed by atoms with Gasteiger partial charge in [-0.1, -0.05) is 23.2 Å². The summed E-state index contributed by atoms with van der Waals surface area (Å²) in [6.07, 6.45) is 0. The molecule has 4 nitrogen and oxygen atoms in total. The standard InChI is InChI=1S/C13H12Cl2N2O2/c1-3-19-13(18)11-7(2)16-12(17-11)9-5-4-8(14)6-10(9)15/h4-6H,3H2,1-2H3,(H,16,17). The maximum absolute atomic E-state index is 11.7. The van der Waals surface area contributed by atoms with Crippen LogP contribution in [0.1, 0.15) is 23.1 Å². The number of imidazole rings is 1. The minimum Gasteiger partial charge on any atom is -0.461 e. The number of hydrogen-bond donors (Lipinski definition) is 1. The van der Waals surface area contributed by atoms with Crippen LogP contribution in [0.2, 0.25) is 10.0 Å². The Labute approximate surface area is 120 Å². The van der Waals surface area contributed by atoms with Crippen LogP contribution < -0.4 is 0 Å². The van der Waals surface area contributed by atoms with Gasteiger partial charge in [-0.3, -0.25) is 0 Å². The molecule has 1 aromatic carbocycles. The molecule has 2 rings (SSSR count). The van der Waals surface area contributed by atoms with E-state index in [0.29, 0.717) is 33.7 Å². The Hall–Kier alpha value is -1.52. The van der Waals surface area contributed by atoms with E-state index in [9.17, 15) is 4.79 Å². The number of esters is 1. The van der Waals surface area contributed by atoms with Gasteiger partial charge in [0.15, 0.2) is 5.69 Å². The van der Waals surface area contributed by atoms with Gasteiger partial charge in [-0.15, -0.1) is 0 Å². The lowest BCUT2D eigenvalue weighted by atomic mass is 10.2. The number of aromatic amines is 1. The molecule has 0 radical (unpaired) electrons. The number of carbonyl (C=O) groups excluding carboxylic acids is 1. The zero-order chi connectivity index (χ0) is 14.0. The van der Waals surface area contributed by atoms with E-state index in [1.165, 1.54) is 0 Å². The molecule has 19 heavy (non-hydrogen) atoms. The molecule has 100 valence electrons. The predicted octanol–water partition coefficient (Wildman–Crippen LogP) is 3.87. The summed E-state index contributed by atoms with van der Waals surface area (Å²) in [6, 6.07) is 5.09. The lowest BCUT2D eigenvalue weighted by Gasteiger charge is -2.00. The van der Waals surface area contributed by atoms with Gasteiger partial charge in [0.2, 0.25) is 0 Å². The second kappa shape index (κ2) is 5.63. The third kappa shape index (κ3) is 2.91. The topological polar surface area (TPSA) is 55.0 Å². The Balaban J connectivity index is 2.42. The highest BCUT2D eigenvalue weighted by Gasteiger charge is 2.17. The summed E-state index contributed by atoms with van der Waals surface area (Å²) in [5.74, 6) is 0.0646. The second-order valence-electron chi connectivity index (χ2n) is 3.90. The smallest absolute Gasteiger partial charge is 0.358 e. The predicted molar refractivity (Wildman–Crippen MR) is 74.7 cm³/mol. The fourth-order valence-corrected chi connectivity index (χ4v) is 2.17. The van der Waals surface area contributed by atoms with Crippen LogP contribution in [0.15, 0.2) is 18.2 Å². The summed E-state index contributed by atoms with van der Waals surface area (Å²) in [7, 11) is 0. The van der Waals surface area contributed by atoms with E-state index >= 15 is 0 Å². The zero-order valence-electron chi connectivity index (χ0n) is 10.5. The van der Waals surface area contributed by atoms with Crippen molar-refractivity contribution in [3.8, 4) is 11.4 Å². The molecule has 0 atom stereocenters. The Morgan fingerprint density at radius 3 is 2.79 bits per heavy atom. The van der Waals surface area contributed by atoms with Crippen molar-refractivity contribution in [3.63, 3.8) is 0 Å². The number of ether oxygens (including phenoxy) is 1. The van der Waals surface area contributed by atoms with Gasteiger partial charge >= 0.3 is 5.97 Å². The van der Waals surface area contributed by atoms with Crippen molar-refractivity contribution in [2.24, 2.45) is 0 Å². The van der Waals surface area contributed by atoms with E-state index in [1.54, 1.807) is 32.0 Å². The Kier molecular flexibility index (Phi) is 4.12. The van der Waals surface area contributed by atoms with Crippen LogP contribution in [0.5, 0.6) is 0 Å². The number of aryl methyl sites for hydroxylation is 1. The molecule has 6 heteroatoms. The average Bonchev–Trinajstić information content (AvgIpc) is 2.71. The normalized spacial score (nSPS) is 10.5. The lowest BCUT2D eigenvalue weighted by molar-refractivity contribution is 0.0519. The fourth-order valence-electron chi connectivity index (χ4n) is 1.67. The number of rotatable bonds is 3. The van der Waals surface area contributed by atoms with Crippen molar-refractivity contribution >= 4 is 29.2 Å². The average molecular weight is 299 g/mol. The molecule has 0 saturated carbocycles. The van der Waals surface area contributed by atoms with Crippen molar-refractivity contribution in [2.75, 3.05) is 6.61 Å². The first-order valence-electron chi connectivity index (χ1n) is 5.72. The molecule has 0 aliphatic heterocycles. The lowest BCUT2D eigenvalue weighted by Crippen LogP contribution is -2.06. The molecule has 1 N–H and O–H groups in total. The van der Waals surface area contributed by atoms with Crippen LogP contribution in [0, 0.1) is 6.92 Å². The number of halogens is 2. The molecule has 2 aromatic rings. The van der Waals surface area contributed by atoms with E-state index in [1.807, 2.05) is 0 Å². The first kappa shape index (κ1) is 13.9. The zero-order valence-corrected chi connectivity index (χ0v) is 12.0. The van der Waals surface area contributed by atoms with E-state index in [0.717, 1.165) is 0 Å². The largest absolute Gasteiger partial charge is 0.461 e. The monoisotopic (exact) mass is 298 g/mol. The van der Waals surface area contributed by atoms with Crippen LogP contribution in [0.4, 0.5) is 0 Å². The molecule has 0 bridgehead atoms. The van der Waals surface area contributed by atoms with Gasteiger partial charge in [-0.2, -0.15) is 0 Å². The van der Waals surface area contributed by atoms with E-state index in [2.05, 4.69) is 9.97 Å². The molecule has 1 heterocycles. The maximum Gasteiger partial charge on any atom is 0.358 e. The van der Waals surface area contributed by atoms with Gasteiger partial charge < -0.3 is 9.72 Å². The summed E-state index contributed by atoms with van der Waals surface area (Å²) in [6.45, 7) is 3.81. The van der Waals surface area contributed by atoms with E-state index in [4.69, 9.17) is 27.9 Å². The number of benzene rings is 1. The van der Waals surface area contributed by atoms with Crippen LogP contribution >= 0.6 is 23.2 Å². The summed E-state index contributed by atoms with van der Waals surface area (Å²) < 4.78 is 4.93. The van der Waals surface area contributed by atoms with Gasteiger partial charge in [0.05, 0.1) is 11.6 Å². The molecule has 0 aliphatic carbocycles. The summed E-state index contributed by atoms with van der Waals surface area (Å²) in [5.41, 5.74) is 1.59. The first-order valence-corrected chi connectivity index (χ1v) is 6.47. The minimum atomic E-state index is -0.451. The highest BCUT2D eigenvalue weighted by Crippen LogP contribution is 2.29. The number of carbonyl (C=O) groups is 1. The fraction of sp³-hybridized carbons (Fsp3) is 0.231. The molecule has 0 amide bonds. The van der Waals surface area contributed by atoms with Crippen LogP contribution in [0.25, 0.3) is 11.4 Å². The maximum atomic E-state index is 11.7. The molecule has 0 spiro atoms. The Morgan fingerprint density at radius 2 is 2.16 bits per heavy atom. The van der Waals surface area contributed by atoms with Crippen molar-refractivity contribution in [1.82, 2.24) is 9.97 Å². The van der Waals surface area contributed by atoms with Gasteiger partial charge in [0.25, 0.3) is 0 Å². The van der Waals surface area contributed by atoms with E-state index < -0.39 is 5.97 Å². The summed E-state index contributed by atoms with van der Waals surface area (Å²) in [4.78, 5) is 18.9. The number of nitrogens with one attached hydrogen (secondary N) is 1. The van der Waals surface area contributed by atoms with Crippen molar-refractivity contribution in [2.45, 2.75) is 13.8 Å². The molecular weight excluding hydrogens is 287 g/mol. The highest BCUT2D eigenvalue weighted by molar-refractivity contribution is 6.36. The molecule has 1 aromatic heterocycles. The van der Waals surface area contributed by atoms with Crippen LogP contribution in [-0.2, 0) is 4.74 Å². The minimum absolute atomic E-state index is 0.267. The number of H-pyrrole nitrogens is 1. The van der Waals surface area contributed by atoms with Crippen molar-refractivity contribution in [1.29, 1.82) is 0 Å².